The van der Waals surface area contributed by atoms with Gasteiger partial charge in [0.05, 0.1) is 21.3 Å². The monoisotopic (exact) mass is 583 g/mol. The van der Waals surface area contributed by atoms with Crippen molar-refractivity contribution in [3.63, 3.8) is 0 Å². The van der Waals surface area contributed by atoms with Crippen molar-refractivity contribution >= 4 is 54.6 Å². The third-order valence-corrected chi connectivity index (χ3v) is 9.37. The van der Waals surface area contributed by atoms with Crippen LogP contribution in [-0.2, 0) is 20.0 Å². The van der Waals surface area contributed by atoms with Crippen LogP contribution in [-0.4, -0.2) is 22.7 Å². The van der Waals surface area contributed by atoms with Crippen LogP contribution in [0.1, 0.15) is 27.0 Å². The summed E-state index contributed by atoms with van der Waals surface area (Å²) in [5.74, 6) is -0.594. The van der Waals surface area contributed by atoms with Gasteiger partial charge >= 0.3 is 0 Å². The highest BCUT2D eigenvalue weighted by Gasteiger charge is 2.22. The zero-order chi connectivity index (χ0) is 28.4. The van der Waals surface area contributed by atoms with Crippen LogP contribution in [0.25, 0.3) is 0 Å². The number of carbonyl (C=O) groups excluding carboxylic acids is 1. The highest BCUT2D eigenvalue weighted by atomic mass is 35.5. The normalized spacial score (nSPS) is 11.6. The Morgan fingerprint density at radius 2 is 1.31 bits per heavy atom. The fourth-order valence-electron chi connectivity index (χ4n) is 3.72. The fraction of sp³-hybridized carbons (Fsp3) is 0.107. The summed E-state index contributed by atoms with van der Waals surface area (Å²) in [7, 11) is -7.94. The molecule has 0 heterocycles. The van der Waals surface area contributed by atoms with Crippen molar-refractivity contribution in [3.05, 3.63) is 112 Å². The number of halogens is 1. The molecule has 0 unspecified atom stereocenters. The fourth-order valence-corrected chi connectivity index (χ4v) is 6.50. The Bertz CT molecular complexity index is 1770. The van der Waals surface area contributed by atoms with Gasteiger partial charge in [0.2, 0.25) is 0 Å². The van der Waals surface area contributed by atoms with Gasteiger partial charge in [0.15, 0.2) is 0 Å². The van der Waals surface area contributed by atoms with Gasteiger partial charge in [-0.1, -0.05) is 41.9 Å². The van der Waals surface area contributed by atoms with E-state index in [2.05, 4.69) is 14.8 Å². The molecular formula is C28H26ClN3O5S2. The first-order valence-corrected chi connectivity index (χ1v) is 15.1. The Kier molecular flexibility index (Phi) is 8.01. The molecule has 39 heavy (non-hydrogen) atoms. The largest absolute Gasteiger partial charge is 0.322 e. The molecule has 0 saturated heterocycles. The molecule has 0 bridgehead atoms. The van der Waals surface area contributed by atoms with Gasteiger partial charge in [-0.2, -0.15) is 0 Å². The molecule has 0 radical (unpaired) electrons. The van der Waals surface area contributed by atoms with Crippen molar-refractivity contribution in [1.82, 2.24) is 0 Å². The zero-order valence-corrected chi connectivity index (χ0v) is 23.7. The predicted octanol–water partition coefficient (Wildman–Crippen LogP) is 6.12. The molecule has 202 valence electrons. The van der Waals surface area contributed by atoms with E-state index in [-0.39, 0.29) is 20.4 Å². The molecule has 0 fully saturated rings. The highest BCUT2D eigenvalue weighted by Crippen LogP contribution is 2.28. The zero-order valence-electron chi connectivity index (χ0n) is 21.3. The van der Waals surface area contributed by atoms with E-state index in [0.717, 1.165) is 16.7 Å². The van der Waals surface area contributed by atoms with Gasteiger partial charge in [0.1, 0.15) is 4.90 Å². The number of amides is 1. The van der Waals surface area contributed by atoms with E-state index in [4.69, 9.17) is 11.6 Å². The van der Waals surface area contributed by atoms with Crippen LogP contribution in [0.4, 0.5) is 17.1 Å². The molecule has 4 rings (SSSR count). The van der Waals surface area contributed by atoms with Crippen LogP contribution in [0, 0.1) is 20.8 Å². The van der Waals surface area contributed by atoms with Crippen molar-refractivity contribution in [2.45, 2.75) is 30.6 Å². The molecule has 1 amide bonds. The lowest BCUT2D eigenvalue weighted by atomic mass is 10.1. The molecule has 0 aliphatic carbocycles. The second-order valence-corrected chi connectivity index (χ2v) is 12.6. The number of carbonyl (C=O) groups is 1. The van der Waals surface area contributed by atoms with Crippen LogP contribution < -0.4 is 14.8 Å². The molecular weight excluding hydrogens is 558 g/mol. The van der Waals surface area contributed by atoms with Crippen molar-refractivity contribution < 1.29 is 21.6 Å². The minimum absolute atomic E-state index is 0.0149. The molecule has 0 saturated carbocycles. The summed E-state index contributed by atoms with van der Waals surface area (Å²) in [5.41, 5.74) is 3.72. The molecule has 0 spiro atoms. The average Bonchev–Trinajstić information content (AvgIpc) is 2.88. The molecule has 4 aromatic carbocycles. The molecule has 8 nitrogen and oxygen atoms in total. The third-order valence-electron chi connectivity index (χ3n) is 6.14. The standard InChI is InChI=1S/C28H26ClN3O5S2/c1-18-8-6-10-26(20(18)3)32-39(36,37)27-17-21(11-16-24(27)29)28(33)30-22-12-14-23(15-13-22)38(34,35)31-25-9-5-4-7-19(25)2/h4-17,31-32H,1-3H3,(H,30,33). The van der Waals surface area contributed by atoms with E-state index in [1.54, 1.807) is 44.2 Å². The molecule has 11 heteroatoms. The number of sulfonamides is 2. The quantitative estimate of drug-likeness (QED) is 0.231. The number of hydrogen-bond acceptors (Lipinski definition) is 5. The summed E-state index contributed by atoms with van der Waals surface area (Å²) >= 11 is 6.20. The van der Waals surface area contributed by atoms with Gasteiger partial charge < -0.3 is 5.32 Å². The molecule has 3 N–H and O–H groups in total. The Balaban J connectivity index is 1.52. The Labute approximate surface area is 233 Å². The van der Waals surface area contributed by atoms with Crippen molar-refractivity contribution in [2.24, 2.45) is 0 Å². The first-order chi connectivity index (χ1) is 18.4. The minimum Gasteiger partial charge on any atom is -0.322 e. The summed E-state index contributed by atoms with van der Waals surface area (Å²) in [6.45, 7) is 5.46. The summed E-state index contributed by atoms with van der Waals surface area (Å²) in [6, 6.07) is 21.8. The number of rotatable bonds is 8. The van der Waals surface area contributed by atoms with Crippen LogP contribution >= 0.6 is 11.6 Å². The minimum atomic E-state index is -4.10. The number of benzene rings is 4. The lowest BCUT2D eigenvalue weighted by Crippen LogP contribution is -2.17. The van der Waals surface area contributed by atoms with Gasteiger partial charge in [0, 0.05) is 11.3 Å². The first kappa shape index (κ1) is 28.2. The van der Waals surface area contributed by atoms with Gasteiger partial charge in [-0.15, -0.1) is 0 Å². The highest BCUT2D eigenvalue weighted by molar-refractivity contribution is 7.93. The number of anilines is 3. The van der Waals surface area contributed by atoms with E-state index in [1.807, 2.05) is 19.1 Å². The summed E-state index contributed by atoms with van der Waals surface area (Å²) in [4.78, 5) is 12.7. The van der Waals surface area contributed by atoms with Crippen LogP contribution in [0.5, 0.6) is 0 Å². The molecule has 0 atom stereocenters. The SMILES string of the molecule is Cc1ccccc1NS(=O)(=O)c1ccc(NC(=O)c2ccc(Cl)c(S(=O)(=O)Nc3cccc(C)c3C)c2)cc1. The van der Waals surface area contributed by atoms with Crippen LogP contribution in [0.2, 0.25) is 5.02 Å². The summed E-state index contributed by atoms with van der Waals surface area (Å²) in [5, 5.41) is 2.61. The predicted molar refractivity (Wildman–Crippen MR) is 155 cm³/mol. The van der Waals surface area contributed by atoms with Crippen LogP contribution in [0.3, 0.4) is 0 Å². The van der Waals surface area contributed by atoms with Crippen molar-refractivity contribution in [2.75, 3.05) is 14.8 Å². The first-order valence-electron chi connectivity index (χ1n) is 11.8. The number of aryl methyl sites for hydroxylation is 2. The van der Waals surface area contributed by atoms with Gasteiger partial charge in [-0.05, 0) is 92.1 Å². The van der Waals surface area contributed by atoms with E-state index in [0.29, 0.717) is 17.1 Å². The number of hydrogen-bond donors (Lipinski definition) is 3. The average molecular weight is 584 g/mol. The molecule has 0 aliphatic heterocycles. The maximum atomic E-state index is 13.1. The molecule has 4 aromatic rings. The van der Waals surface area contributed by atoms with Crippen molar-refractivity contribution in [1.29, 1.82) is 0 Å². The van der Waals surface area contributed by atoms with Crippen molar-refractivity contribution in [3.8, 4) is 0 Å². The Hall–Kier alpha value is -3.86. The second kappa shape index (κ2) is 11.1. The molecule has 0 aliphatic rings. The maximum Gasteiger partial charge on any atom is 0.263 e. The topological polar surface area (TPSA) is 121 Å². The number of para-hydroxylation sites is 1. The van der Waals surface area contributed by atoms with Gasteiger partial charge in [-0.25, -0.2) is 16.8 Å². The summed E-state index contributed by atoms with van der Waals surface area (Å²) in [6.07, 6.45) is 0. The Morgan fingerprint density at radius 3 is 2.00 bits per heavy atom. The Morgan fingerprint density at radius 1 is 0.692 bits per heavy atom. The second-order valence-electron chi connectivity index (χ2n) is 8.90. The summed E-state index contributed by atoms with van der Waals surface area (Å²) < 4.78 is 56.8. The maximum absolute atomic E-state index is 13.1. The van der Waals surface area contributed by atoms with E-state index in [9.17, 15) is 21.6 Å². The smallest absolute Gasteiger partial charge is 0.263 e. The van der Waals surface area contributed by atoms with E-state index in [1.165, 1.54) is 42.5 Å². The number of nitrogens with one attached hydrogen (secondary N) is 3. The molecule has 0 aromatic heterocycles. The van der Waals surface area contributed by atoms with E-state index >= 15 is 0 Å². The van der Waals surface area contributed by atoms with Gasteiger partial charge in [0.25, 0.3) is 26.0 Å². The lowest BCUT2D eigenvalue weighted by Gasteiger charge is -2.14. The lowest BCUT2D eigenvalue weighted by molar-refractivity contribution is 0.102. The van der Waals surface area contributed by atoms with Crippen LogP contribution in [0.15, 0.2) is 94.7 Å². The van der Waals surface area contributed by atoms with E-state index < -0.39 is 26.0 Å². The third kappa shape index (κ3) is 6.42. The van der Waals surface area contributed by atoms with Gasteiger partial charge in [-0.3, -0.25) is 14.2 Å².